The fraction of sp³-hybridized carbons (Fsp3) is 0.222. The van der Waals surface area contributed by atoms with E-state index in [0.717, 1.165) is 14.9 Å². The van der Waals surface area contributed by atoms with E-state index < -0.39 is 27.1 Å². The predicted molar refractivity (Wildman–Crippen MR) is 104 cm³/mol. The molecule has 1 N–H and O–H groups in total. The molecular weight excluding hydrogens is 400 g/mol. The fourth-order valence-electron chi connectivity index (χ4n) is 2.67. The number of ether oxygens (including phenoxy) is 1. The minimum absolute atomic E-state index is 0.0711. The number of pyridine rings is 1. The maximum absolute atomic E-state index is 12.3. The Bertz CT molecular complexity index is 1320. The SMILES string of the molecule is COC(=O)c1ccc2c(=O)[nH]c(Cn3cc(S(=O)(=O)N(C)C)ccc3=O)nc2c1. The van der Waals surface area contributed by atoms with Gasteiger partial charge in [0.05, 0.1) is 35.0 Å². The highest BCUT2D eigenvalue weighted by Crippen LogP contribution is 2.13. The van der Waals surface area contributed by atoms with Crippen LogP contribution in [0, 0.1) is 0 Å². The molecule has 29 heavy (non-hydrogen) atoms. The first-order valence-corrected chi connectivity index (χ1v) is 9.82. The Kier molecular flexibility index (Phi) is 5.36. The summed E-state index contributed by atoms with van der Waals surface area (Å²) < 4.78 is 31.4. The minimum Gasteiger partial charge on any atom is -0.465 e. The molecule has 0 atom stereocenters. The van der Waals surface area contributed by atoms with Crippen molar-refractivity contribution in [2.24, 2.45) is 0 Å². The largest absolute Gasteiger partial charge is 0.465 e. The number of carbonyl (C=O) groups excluding carboxylic acids is 1. The molecule has 11 heteroatoms. The first-order chi connectivity index (χ1) is 13.6. The summed E-state index contributed by atoms with van der Waals surface area (Å²) in [4.78, 5) is 43.0. The molecule has 3 rings (SSSR count). The van der Waals surface area contributed by atoms with Gasteiger partial charge in [-0.2, -0.15) is 0 Å². The highest BCUT2D eigenvalue weighted by molar-refractivity contribution is 7.89. The van der Waals surface area contributed by atoms with Crippen molar-refractivity contribution in [2.45, 2.75) is 11.4 Å². The van der Waals surface area contributed by atoms with Crippen LogP contribution in [0.2, 0.25) is 0 Å². The second-order valence-electron chi connectivity index (χ2n) is 6.35. The first kappa shape index (κ1) is 20.4. The quantitative estimate of drug-likeness (QED) is 0.584. The van der Waals surface area contributed by atoms with Crippen LogP contribution in [0.25, 0.3) is 10.9 Å². The zero-order valence-electron chi connectivity index (χ0n) is 15.9. The molecule has 0 bridgehead atoms. The van der Waals surface area contributed by atoms with Gasteiger partial charge in [-0.3, -0.25) is 9.59 Å². The van der Waals surface area contributed by atoms with Gasteiger partial charge in [-0.05, 0) is 24.3 Å². The van der Waals surface area contributed by atoms with Crippen molar-refractivity contribution in [3.63, 3.8) is 0 Å². The molecule has 0 aliphatic carbocycles. The molecule has 0 fully saturated rings. The van der Waals surface area contributed by atoms with Crippen molar-refractivity contribution >= 4 is 26.9 Å². The van der Waals surface area contributed by atoms with Crippen LogP contribution in [-0.2, 0) is 21.3 Å². The molecule has 152 valence electrons. The molecule has 0 radical (unpaired) electrons. The van der Waals surface area contributed by atoms with Crippen molar-refractivity contribution in [1.29, 1.82) is 0 Å². The molecule has 2 aromatic heterocycles. The van der Waals surface area contributed by atoms with Crippen LogP contribution < -0.4 is 11.1 Å². The standard InChI is InChI=1S/C18H18N4O6S/c1-21(2)29(26,27)12-5-7-16(23)22(9-12)10-15-19-14-8-11(18(25)28-3)4-6-13(14)17(24)20-15/h4-9H,10H2,1-3H3,(H,19,20,24). The van der Waals surface area contributed by atoms with E-state index in [1.165, 1.54) is 51.7 Å². The van der Waals surface area contributed by atoms with E-state index in [1.807, 2.05) is 0 Å². The van der Waals surface area contributed by atoms with E-state index in [9.17, 15) is 22.8 Å². The monoisotopic (exact) mass is 418 g/mol. The summed E-state index contributed by atoms with van der Waals surface area (Å²) in [5.74, 6) is -0.445. The van der Waals surface area contributed by atoms with Gasteiger partial charge in [0, 0.05) is 26.4 Å². The van der Waals surface area contributed by atoms with Gasteiger partial charge in [0.2, 0.25) is 10.0 Å². The summed E-state index contributed by atoms with van der Waals surface area (Å²) in [5, 5.41) is 0.262. The number of hydrogen-bond acceptors (Lipinski definition) is 7. The van der Waals surface area contributed by atoms with Crippen LogP contribution in [0.1, 0.15) is 16.2 Å². The molecule has 3 aromatic rings. The number of benzene rings is 1. The number of methoxy groups -OCH3 is 1. The van der Waals surface area contributed by atoms with Crippen LogP contribution in [0.5, 0.6) is 0 Å². The van der Waals surface area contributed by atoms with Gasteiger partial charge in [0.25, 0.3) is 11.1 Å². The fourth-order valence-corrected chi connectivity index (χ4v) is 3.59. The third-order valence-electron chi connectivity index (χ3n) is 4.23. The third-order valence-corrected chi connectivity index (χ3v) is 6.03. The summed E-state index contributed by atoms with van der Waals surface area (Å²) >= 11 is 0. The smallest absolute Gasteiger partial charge is 0.337 e. The lowest BCUT2D eigenvalue weighted by Gasteiger charge is -2.13. The Morgan fingerprint density at radius 2 is 1.93 bits per heavy atom. The minimum atomic E-state index is -3.74. The number of aromatic amines is 1. The number of fused-ring (bicyclic) bond motifs is 1. The molecule has 0 spiro atoms. The summed E-state index contributed by atoms with van der Waals surface area (Å²) in [7, 11) is 0.263. The van der Waals surface area contributed by atoms with Crippen molar-refractivity contribution in [3.05, 3.63) is 68.6 Å². The lowest BCUT2D eigenvalue weighted by Crippen LogP contribution is -2.27. The molecule has 0 aliphatic rings. The van der Waals surface area contributed by atoms with Crippen molar-refractivity contribution in [1.82, 2.24) is 18.8 Å². The van der Waals surface area contributed by atoms with Crippen molar-refractivity contribution in [3.8, 4) is 0 Å². The average Bonchev–Trinajstić information content (AvgIpc) is 2.68. The molecule has 2 heterocycles. The Balaban J connectivity index is 2.07. The second-order valence-corrected chi connectivity index (χ2v) is 8.51. The Labute approximate surface area is 165 Å². The lowest BCUT2D eigenvalue weighted by molar-refractivity contribution is 0.0601. The third kappa shape index (κ3) is 3.96. The topological polar surface area (TPSA) is 131 Å². The van der Waals surface area contributed by atoms with Gasteiger partial charge < -0.3 is 14.3 Å². The molecule has 0 aliphatic heterocycles. The number of carbonyl (C=O) groups is 1. The average molecular weight is 418 g/mol. The molecule has 0 amide bonds. The van der Waals surface area contributed by atoms with E-state index in [0.29, 0.717) is 0 Å². The normalized spacial score (nSPS) is 11.7. The Morgan fingerprint density at radius 1 is 1.21 bits per heavy atom. The summed E-state index contributed by atoms with van der Waals surface area (Å²) in [6.07, 6.45) is 1.19. The molecule has 0 unspecified atom stereocenters. The van der Waals surface area contributed by atoms with Gasteiger partial charge in [0.1, 0.15) is 5.82 Å². The highest BCUT2D eigenvalue weighted by Gasteiger charge is 2.18. The number of sulfonamides is 1. The number of hydrogen-bond donors (Lipinski definition) is 1. The van der Waals surface area contributed by atoms with Crippen LogP contribution in [0.3, 0.4) is 0 Å². The molecule has 0 saturated carbocycles. The molecule has 0 saturated heterocycles. The highest BCUT2D eigenvalue weighted by atomic mass is 32.2. The summed E-state index contributed by atoms with van der Waals surface area (Å²) in [6, 6.07) is 6.66. The molecular formula is C18H18N4O6S. The van der Waals surface area contributed by atoms with Gasteiger partial charge in [-0.15, -0.1) is 0 Å². The molecule has 10 nitrogen and oxygen atoms in total. The van der Waals surface area contributed by atoms with Crippen molar-refractivity contribution in [2.75, 3.05) is 21.2 Å². The number of nitrogens with zero attached hydrogens (tertiary/aromatic N) is 3. The van der Waals surface area contributed by atoms with E-state index in [1.54, 1.807) is 0 Å². The lowest BCUT2D eigenvalue weighted by atomic mass is 10.1. The second kappa shape index (κ2) is 7.60. The first-order valence-electron chi connectivity index (χ1n) is 8.38. The van der Waals surface area contributed by atoms with E-state index in [4.69, 9.17) is 0 Å². The zero-order valence-corrected chi connectivity index (χ0v) is 16.7. The van der Waals surface area contributed by atoms with Gasteiger partial charge in [-0.25, -0.2) is 22.5 Å². The van der Waals surface area contributed by atoms with Gasteiger partial charge >= 0.3 is 5.97 Å². The van der Waals surface area contributed by atoms with Crippen LogP contribution >= 0.6 is 0 Å². The number of rotatable bonds is 5. The van der Waals surface area contributed by atoms with Gasteiger partial charge in [-0.1, -0.05) is 0 Å². The van der Waals surface area contributed by atoms with Crippen LogP contribution in [0.4, 0.5) is 0 Å². The summed E-state index contributed by atoms with van der Waals surface area (Å²) in [5.41, 5.74) is -0.447. The predicted octanol–water partition coefficient (Wildman–Crippen LogP) is 0.170. The number of nitrogens with one attached hydrogen (secondary N) is 1. The number of aromatic nitrogens is 3. The van der Waals surface area contributed by atoms with E-state index in [2.05, 4.69) is 14.7 Å². The number of esters is 1. The van der Waals surface area contributed by atoms with Crippen LogP contribution in [0.15, 0.2) is 51.0 Å². The molecule has 1 aromatic carbocycles. The summed E-state index contributed by atoms with van der Waals surface area (Å²) in [6.45, 7) is -0.163. The van der Waals surface area contributed by atoms with Gasteiger partial charge in [0.15, 0.2) is 0 Å². The maximum Gasteiger partial charge on any atom is 0.337 e. The zero-order chi connectivity index (χ0) is 21.3. The van der Waals surface area contributed by atoms with Crippen molar-refractivity contribution < 1.29 is 17.9 Å². The Morgan fingerprint density at radius 3 is 2.59 bits per heavy atom. The van der Waals surface area contributed by atoms with E-state index in [-0.39, 0.29) is 33.7 Å². The van der Waals surface area contributed by atoms with E-state index >= 15 is 0 Å². The Hall–Kier alpha value is -3.31. The number of H-pyrrole nitrogens is 1. The van der Waals surface area contributed by atoms with Crippen LogP contribution in [-0.4, -0.2) is 54.4 Å². The maximum atomic E-state index is 12.3.